The molecule has 3 rings (SSSR count). The predicted molar refractivity (Wildman–Crippen MR) is 111 cm³/mol. The summed E-state index contributed by atoms with van der Waals surface area (Å²) in [7, 11) is 0. The molecule has 0 spiro atoms. The fraction of sp³-hybridized carbons (Fsp3) is 0.217. The van der Waals surface area contributed by atoms with Gasteiger partial charge < -0.3 is 4.90 Å². The Morgan fingerprint density at radius 3 is 2.33 bits per heavy atom. The smallest absolute Gasteiger partial charge is 0.246 e. The molecule has 2 aromatic carbocycles. The lowest BCUT2D eigenvalue weighted by molar-refractivity contribution is -0.125. The van der Waals surface area contributed by atoms with Gasteiger partial charge in [0.25, 0.3) is 0 Å². The van der Waals surface area contributed by atoms with Crippen molar-refractivity contribution in [3.63, 3.8) is 0 Å². The van der Waals surface area contributed by atoms with Gasteiger partial charge in [-0.1, -0.05) is 48.0 Å². The summed E-state index contributed by atoms with van der Waals surface area (Å²) in [5.41, 5.74) is 5.01. The van der Waals surface area contributed by atoms with Gasteiger partial charge in [0.15, 0.2) is 0 Å². The molecule has 4 heteroatoms. The lowest BCUT2D eigenvalue weighted by Crippen LogP contribution is -2.28. The molecule has 0 saturated heterocycles. The van der Waals surface area contributed by atoms with Gasteiger partial charge in [-0.25, -0.2) is 4.68 Å². The van der Waals surface area contributed by atoms with Crippen LogP contribution in [0, 0.1) is 6.92 Å². The van der Waals surface area contributed by atoms with Crippen LogP contribution >= 0.6 is 0 Å². The molecule has 0 radical (unpaired) electrons. The monoisotopic (exact) mass is 359 g/mol. The molecule has 0 atom stereocenters. The van der Waals surface area contributed by atoms with Crippen LogP contribution in [0.25, 0.3) is 23.0 Å². The Kier molecular flexibility index (Phi) is 5.87. The van der Waals surface area contributed by atoms with E-state index in [2.05, 4.69) is 31.2 Å². The number of amides is 1. The highest BCUT2D eigenvalue weighted by Crippen LogP contribution is 2.25. The first-order valence-electron chi connectivity index (χ1n) is 9.31. The number of aromatic nitrogens is 2. The highest BCUT2D eigenvalue weighted by molar-refractivity contribution is 5.92. The topological polar surface area (TPSA) is 38.1 Å². The van der Waals surface area contributed by atoms with Gasteiger partial charge in [0.1, 0.15) is 0 Å². The van der Waals surface area contributed by atoms with E-state index in [4.69, 9.17) is 5.10 Å². The molecule has 0 fully saturated rings. The standard InChI is InChI=1S/C23H25N3O/c1-4-25(5-2)22(27)16-15-20-17-26(21-9-7-6-8-10-21)24-23(20)19-13-11-18(3)12-14-19/h6-17H,4-5H2,1-3H3/b16-15-. The largest absolute Gasteiger partial charge is 0.340 e. The molecule has 0 unspecified atom stereocenters. The number of rotatable bonds is 6. The molecule has 0 bridgehead atoms. The number of carbonyl (C=O) groups is 1. The quantitative estimate of drug-likeness (QED) is 0.597. The molecular weight excluding hydrogens is 334 g/mol. The van der Waals surface area contributed by atoms with Gasteiger partial charge >= 0.3 is 0 Å². The SMILES string of the molecule is CCN(CC)C(=O)/C=C\c1cn(-c2ccccc2)nc1-c1ccc(C)cc1. The fourth-order valence-corrected chi connectivity index (χ4v) is 2.96. The Hall–Kier alpha value is -3.14. The predicted octanol–water partition coefficient (Wildman–Crippen LogP) is 4.73. The summed E-state index contributed by atoms with van der Waals surface area (Å²) in [6.45, 7) is 7.44. The molecule has 138 valence electrons. The molecule has 1 aromatic heterocycles. The maximum absolute atomic E-state index is 12.4. The van der Waals surface area contributed by atoms with Crippen molar-refractivity contribution in [1.29, 1.82) is 0 Å². The minimum Gasteiger partial charge on any atom is -0.340 e. The number of para-hydroxylation sites is 1. The van der Waals surface area contributed by atoms with Crippen molar-refractivity contribution >= 4 is 12.0 Å². The van der Waals surface area contributed by atoms with E-state index in [1.54, 1.807) is 11.0 Å². The molecule has 3 aromatic rings. The normalized spacial score (nSPS) is 11.1. The third-order valence-electron chi connectivity index (χ3n) is 4.57. The van der Waals surface area contributed by atoms with Gasteiger partial charge in [0.2, 0.25) is 5.91 Å². The van der Waals surface area contributed by atoms with Crippen LogP contribution in [0.4, 0.5) is 0 Å². The van der Waals surface area contributed by atoms with Crippen molar-refractivity contribution in [2.75, 3.05) is 13.1 Å². The molecule has 0 N–H and O–H groups in total. The summed E-state index contributed by atoms with van der Waals surface area (Å²) in [4.78, 5) is 14.2. The number of benzene rings is 2. The number of hydrogen-bond acceptors (Lipinski definition) is 2. The third kappa shape index (κ3) is 4.34. The summed E-state index contributed by atoms with van der Waals surface area (Å²) in [6, 6.07) is 18.3. The van der Waals surface area contributed by atoms with Crippen LogP contribution in [0.1, 0.15) is 25.0 Å². The van der Waals surface area contributed by atoms with Crippen LogP contribution in [0.2, 0.25) is 0 Å². The van der Waals surface area contributed by atoms with E-state index in [-0.39, 0.29) is 5.91 Å². The maximum atomic E-state index is 12.4. The minimum absolute atomic E-state index is 0.0160. The number of hydrogen-bond donors (Lipinski definition) is 0. The molecule has 0 saturated carbocycles. The minimum atomic E-state index is 0.0160. The zero-order valence-corrected chi connectivity index (χ0v) is 16.1. The molecular formula is C23H25N3O. The molecule has 0 aliphatic carbocycles. The average molecular weight is 359 g/mol. The van der Waals surface area contributed by atoms with Crippen molar-refractivity contribution in [2.24, 2.45) is 0 Å². The van der Waals surface area contributed by atoms with E-state index in [9.17, 15) is 4.79 Å². The molecule has 4 nitrogen and oxygen atoms in total. The lowest BCUT2D eigenvalue weighted by Gasteiger charge is -2.15. The molecule has 27 heavy (non-hydrogen) atoms. The molecule has 0 aliphatic rings. The van der Waals surface area contributed by atoms with Crippen LogP contribution in [-0.2, 0) is 4.79 Å². The van der Waals surface area contributed by atoms with E-state index in [0.29, 0.717) is 13.1 Å². The first-order valence-corrected chi connectivity index (χ1v) is 9.31. The highest BCUT2D eigenvalue weighted by atomic mass is 16.2. The number of carbonyl (C=O) groups excluding carboxylic acids is 1. The van der Waals surface area contributed by atoms with E-state index < -0.39 is 0 Å². The van der Waals surface area contributed by atoms with Gasteiger partial charge in [-0.05, 0) is 39.0 Å². The fourth-order valence-electron chi connectivity index (χ4n) is 2.96. The average Bonchev–Trinajstić information content (AvgIpc) is 3.13. The molecule has 0 aliphatic heterocycles. The van der Waals surface area contributed by atoms with Gasteiger partial charge in [-0.3, -0.25) is 4.79 Å². The summed E-state index contributed by atoms with van der Waals surface area (Å²) >= 11 is 0. The van der Waals surface area contributed by atoms with Crippen molar-refractivity contribution in [3.05, 3.63) is 78.0 Å². The summed E-state index contributed by atoms with van der Waals surface area (Å²) in [5, 5.41) is 4.78. The Morgan fingerprint density at radius 1 is 1.04 bits per heavy atom. The summed E-state index contributed by atoms with van der Waals surface area (Å²) < 4.78 is 1.86. The van der Waals surface area contributed by atoms with Crippen molar-refractivity contribution in [3.8, 4) is 16.9 Å². The van der Waals surface area contributed by atoms with Crippen LogP contribution < -0.4 is 0 Å². The Morgan fingerprint density at radius 2 is 1.70 bits per heavy atom. The van der Waals surface area contributed by atoms with Crippen LogP contribution in [-0.4, -0.2) is 33.7 Å². The number of nitrogens with zero attached hydrogens (tertiary/aromatic N) is 3. The molecule has 1 heterocycles. The second-order valence-electron chi connectivity index (χ2n) is 6.42. The zero-order chi connectivity index (χ0) is 19.2. The first kappa shape index (κ1) is 18.6. The Bertz CT molecular complexity index is 920. The zero-order valence-electron chi connectivity index (χ0n) is 16.1. The maximum Gasteiger partial charge on any atom is 0.246 e. The Balaban J connectivity index is 2.01. The van der Waals surface area contributed by atoms with Crippen LogP contribution in [0.5, 0.6) is 0 Å². The van der Waals surface area contributed by atoms with Gasteiger partial charge in [0, 0.05) is 36.5 Å². The third-order valence-corrected chi connectivity index (χ3v) is 4.57. The second-order valence-corrected chi connectivity index (χ2v) is 6.42. The second kappa shape index (κ2) is 8.49. The summed E-state index contributed by atoms with van der Waals surface area (Å²) in [5.74, 6) is 0.0160. The summed E-state index contributed by atoms with van der Waals surface area (Å²) in [6.07, 6.45) is 5.47. The van der Waals surface area contributed by atoms with E-state index in [0.717, 1.165) is 22.5 Å². The van der Waals surface area contributed by atoms with Crippen molar-refractivity contribution in [2.45, 2.75) is 20.8 Å². The van der Waals surface area contributed by atoms with Gasteiger partial charge in [-0.15, -0.1) is 0 Å². The van der Waals surface area contributed by atoms with Crippen LogP contribution in [0.15, 0.2) is 66.9 Å². The highest BCUT2D eigenvalue weighted by Gasteiger charge is 2.12. The number of aryl methyl sites for hydroxylation is 1. The van der Waals surface area contributed by atoms with E-state index in [1.807, 2.05) is 61.1 Å². The first-order chi connectivity index (χ1) is 13.1. The van der Waals surface area contributed by atoms with Crippen LogP contribution in [0.3, 0.4) is 0 Å². The Labute approximate surface area is 160 Å². The molecule has 1 amide bonds. The van der Waals surface area contributed by atoms with E-state index >= 15 is 0 Å². The van der Waals surface area contributed by atoms with E-state index in [1.165, 1.54) is 5.56 Å². The number of likely N-dealkylation sites (N-methyl/N-ethyl adjacent to an activating group) is 1. The van der Waals surface area contributed by atoms with Crippen molar-refractivity contribution < 1.29 is 4.79 Å². The lowest BCUT2D eigenvalue weighted by atomic mass is 10.1. The van der Waals surface area contributed by atoms with Gasteiger partial charge in [0.05, 0.1) is 11.4 Å². The van der Waals surface area contributed by atoms with Gasteiger partial charge in [-0.2, -0.15) is 5.10 Å². The van der Waals surface area contributed by atoms with Crippen molar-refractivity contribution in [1.82, 2.24) is 14.7 Å².